The molecule has 1 fully saturated rings. The number of rotatable bonds is 14. The van der Waals surface area contributed by atoms with Gasteiger partial charge in [-0.3, -0.25) is 14.2 Å². The van der Waals surface area contributed by atoms with Crippen LogP contribution in [-0.2, 0) is 33.2 Å². The van der Waals surface area contributed by atoms with E-state index in [0.29, 0.717) is 4.57 Å². The number of amides is 1. The summed E-state index contributed by atoms with van der Waals surface area (Å²) in [7, 11) is -5.79. The molecule has 44 heavy (non-hydrogen) atoms. The van der Waals surface area contributed by atoms with E-state index in [1.165, 1.54) is 32.0 Å². The third kappa shape index (κ3) is 8.61. The fourth-order valence-corrected chi connectivity index (χ4v) is 5.19. The van der Waals surface area contributed by atoms with Gasteiger partial charge in [-0.05, 0) is 39.0 Å². The Hall–Kier alpha value is -3.88. The summed E-state index contributed by atoms with van der Waals surface area (Å²) in [4.78, 5) is 73.4. The highest BCUT2D eigenvalue weighted by molar-refractivity contribution is 7.54. The number of hydrogen-bond acceptors (Lipinski definition) is 10. The van der Waals surface area contributed by atoms with E-state index in [2.05, 4.69) is 14.8 Å². The normalized spacial score (nSPS) is 22.9. The predicted molar refractivity (Wildman–Crippen MR) is 147 cm³/mol. The lowest BCUT2D eigenvalue weighted by molar-refractivity contribution is -0.159. The van der Waals surface area contributed by atoms with Crippen molar-refractivity contribution in [3.63, 3.8) is 0 Å². The molecule has 0 spiro atoms. The maximum Gasteiger partial charge on any atom is 0.445 e. The number of ketones is 2. The van der Waals surface area contributed by atoms with Gasteiger partial charge in [0.2, 0.25) is 5.91 Å². The number of para-hydroxylation sites is 1. The van der Waals surface area contributed by atoms with Gasteiger partial charge in [0.25, 0.3) is 0 Å². The molecule has 0 saturated carbocycles. The molecule has 2 N–H and O–H groups in total. The fourth-order valence-electron chi connectivity index (χ4n) is 4.24. The molecular formula is C27H31F3N3O10P. The van der Waals surface area contributed by atoms with Crippen LogP contribution >= 0.6 is 7.60 Å². The summed E-state index contributed by atoms with van der Waals surface area (Å²) in [5.41, 5.74) is -8.67. The molecule has 1 aromatic heterocycles. The van der Waals surface area contributed by atoms with Crippen LogP contribution in [0, 0.1) is 0 Å². The highest BCUT2D eigenvalue weighted by Gasteiger charge is 2.63. The minimum Gasteiger partial charge on any atom is -0.456 e. The van der Waals surface area contributed by atoms with Gasteiger partial charge in [-0.1, -0.05) is 18.2 Å². The minimum atomic E-state index is -5.79. The molecule has 5 atom stereocenters. The van der Waals surface area contributed by atoms with Crippen molar-refractivity contribution in [1.82, 2.24) is 9.55 Å². The number of nitrogens with one attached hydrogen (secondary N) is 1. The number of hydrogen-bond donors (Lipinski definition) is 2. The van der Waals surface area contributed by atoms with Crippen molar-refractivity contribution < 1.29 is 55.8 Å². The summed E-state index contributed by atoms with van der Waals surface area (Å²) in [5.74, 6) is -3.04. The molecule has 1 aromatic carbocycles. The number of Topliss-reactive ketones (excluding diaryl/α,β-unsaturated/α-hetero) is 2. The van der Waals surface area contributed by atoms with Crippen molar-refractivity contribution in [2.75, 3.05) is 5.32 Å². The van der Waals surface area contributed by atoms with Gasteiger partial charge in [0.15, 0.2) is 18.0 Å². The van der Waals surface area contributed by atoms with Crippen LogP contribution in [-0.4, -0.2) is 61.4 Å². The van der Waals surface area contributed by atoms with Crippen LogP contribution in [0.15, 0.2) is 47.4 Å². The van der Waals surface area contributed by atoms with Crippen LogP contribution < -0.4 is 15.5 Å². The Bertz CT molecular complexity index is 1500. The van der Waals surface area contributed by atoms with Crippen molar-refractivity contribution in [2.45, 2.75) is 82.6 Å². The van der Waals surface area contributed by atoms with Crippen LogP contribution in [0.25, 0.3) is 0 Å². The average molecular weight is 646 g/mol. The van der Waals surface area contributed by atoms with E-state index in [0.717, 1.165) is 31.3 Å². The van der Waals surface area contributed by atoms with Gasteiger partial charge in [0.1, 0.15) is 29.2 Å². The second kappa shape index (κ2) is 13.8. The summed E-state index contributed by atoms with van der Waals surface area (Å²) in [5, 5.41) is 2.29. The molecule has 1 unspecified atom stereocenters. The monoisotopic (exact) mass is 645 g/mol. The van der Waals surface area contributed by atoms with Crippen LogP contribution in [0.4, 0.5) is 19.0 Å². The molecule has 0 aliphatic carbocycles. The Balaban J connectivity index is 1.91. The number of ether oxygens (including phenoxy) is 2. The average Bonchev–Trinajstić information content (AvgIpc) is 3.15. The Morgan fingerprint density at radius 3 is 2.30 bits per heavy atom. The Morgan fingerprint density at radius 1 is 1.09 bits per heavy atom. The molecule has 1 aliphatic heterocycles. The molecule has 0 bridgehead atoms. The van der Waals surface area contributed by atoms with Gasteiger partial charge >= 0.3 is 24.9 Å². The number of alkyl halides is 3. The quantitative estimate of drug-likeness (QED) is 0.226. The van der Waals surface area contributed by atoms with E-state index in [9.17, 15) is 33.4 Å². The molecular weight excluding hydrogens is 614 g/mol. The Labute approximate surface area is 249 Å². The smallest absolute Gasteiger partial charge is 0.445 e. The topological polar surface area (TPSA) is 180 Å². The number of esters is 1. The van der Waals surface area contributed by atoms with Gasteiger partial charge in [-0.25, -0.2) is 13.8 Å². The molecule has 13 nitrogen and oxygen atoms in total. The maximum atomic E-state index is 16.4. The van der Waals surface area contributed by atoms with Crippen LogP contribution in [0.2, 0.25) is 0 Å². The number of aromatic nitrogens is 2. The second-order valence-electron chi connectivity index (χ2n) is 10.3. The second-order valence-corrected chi connectivity index (χ2v) is 12.2. The van der Waals surface area contributed by atoms with E-state index in [1.54, 1.807) is 0 Å². The third-order valence-electron chi connectivity index (χ3n) is 6.51. The molecule has 17 heteroatoms. The van der Waals surface area contributed by atoms with Crippen molar-refractivity contribution >= 4 is 36.9 Å². The molecule has 1 aliphatic rings. The number of nitrogens with zero attached hydrogens (tertiary/aromatic N) is 2. The van der Waals surface area contributed by atoms with Gasteiger partial charge < -0.3 is 33.8 Å². The van der Waals surface area contributed by atoms with Crippen LogP contribution in [0.5, 0.6) is 5.75 Å². The fraction of sp³-hybridized carbons (Fsp3) is 0.481. The largest absolute Gasteiger partial charge is 0.456 e. The van der Waals surface area contributed by atoms with Gasteiger partial charge in [0.05, 0.1) is 12.8 Å². The number of halogens is 3. The van der Waals surface area contributed by atoms with Crippen LogP contribution in [0.3, 0.4) is 0 Å². The molecule has 3 rings (SSSR count). The van der Waals surface area contributed by atoms with E-state index >= 15 is 13.2 Å². The molecule has 0 radical (unpaired) electrons. The summed E-state index contributed by atoms with van der Waals surface area (Å²) in [6, 6.07) is 7.66. The zero-order chi connectivity index (χ0) is 32.9. The summed E-state index contributed by atoms with van der Waals surface area (Å²) < 4.78 is 75.4. The first-order chi connectivity index (χ1) is 20.4. The lowest BCUT2D eigenvalue weighted by Gasteiger charge is -2.29. The lowest BCUT2D eigenvalue weighted by atomic mass is 9.96. The minimum absolute atomic E-state index is 0.0608. The summed E-state index contributed by atoms with van der Waals surface area (Å²) in [6.07, 6.45) is -8.08. The third-order valence-corrected chi connectivity index (χ3v) is 7.97. The van der Waals surface area contributed by atoms with Gasteiger partial charge in [-0.15, -0.1) is 0 Å². The zero-order valence-electron chi connectivity index (χ0n) is 23.9. The summed E-state index contributed by atoms with van der Waals surface area (Å²) in [6.45, 7) is 3.28. The zero-order valence-corrected chi connectivity index (χ0v) is 24.8. The highest BCUT2D eigenvalue weighted by atomic mass is 31.2. The maximum absolute atomic E-state index is 16.4. The number of anilines is 1. The Morgan fingerprint density at radius 2 is 1.70 bits per heavy atom. The van der Waals surface area contributed by atoms with Gasteiger partial charge in [-0.2, -0.15) is 13.8 Å². The Kier molecular flexibility index (Phi) is 10.9. The molecule has 2 aromatic rings. The van der Waals surface area contributed by atoms with Crippen molar-refractivity contribution in [3.05, 3.63) is 53.1 Å². The van der Waals surface area contributed by atoms with E-state index in [1.807, 2.05) is 0 Å². The van der Waals surface area contributed by atoms with E-state index in [4.69, 9.17) is 9.47 Å². The molecule has 1 amide bonds. The SMILES string of the molecule is CC(=O)CCC(=O)Nc1ccn([C@@H]2O[C@H](CC(F)(F)P(=O)(O)Oc3ccccc3)[C@@H](OC(=O)CCC(C)=O)[C@@]2(C)F)c(=O)n1. The highest BCUT2D eigenvalue weighted by Crippen LogP contribution is 2.60. The van der Waals surface area contributed by atoms with Crippen molar-refractivity contribution in [3.8, 4) is 5.75 Å². The number of carbonyl (C=O) groups is 4. The molecule has 240 valence electrons. The van der Waals surface area contributed by atoms with E-state index in [-0.39, 0.29) is 36.6 Å². The van der Waals surface area contributed by atoms with Crippen LogP contribution in [0.1, 0.15) is 59.1 Å². The van der Waals surface area contributed by atoms with E-state index < -0.39 is 73.6 Å². The lowest BCUT2D eigenvalue weighted by Crippen LogP contribution is -2.45. The summed E-state index contributed by atoms with van der Waals surface area (Å²) >= 11 is 0. The molecule has 1 saturated heterocycles. The molecule has 2 heterocycles. The standard InChI is InChI=1S/C27H31F3N3O10P/c1-16(34)9-11-21(36)31-20-13-14-33(25(38)32-20)24-26(3,28)23(42-22(37)12-10-17(2)35)19(41-24)15-27(29,30)44(39,40)43-18-7-5-4-6-8-18/h4-8,13-14,19,23-24H,9-12,15H2,1-3H3,(H,39,40)(H,31,32,36,38)/t19-,23-,24-,26-/m1/s1. The number of carbonyl (C=O) groups excluding carboxylic acids is 4. The van der Waals surface area contributed by atoms with Crippen molar-refractivity contribution in [1.29, 1.82) is 0 Å². The first-order valence-corrected chi connectivity index (χ1v) is 14.9. The predicted octanol–water partition coefficient (Wildman–Crippen LogP) is 3.70. The van der Waals surface area contributed by atoms with Gasteiger partial charge in [0, 0.05) is 25.5 Å². The number of benzene rings is 1. The first kappa shape index (κ1) is 34.6. The first-order valence-electron chi connectivity index (χ1n) is 13.3. The van der Waals surface area contributed by atoms with Crippen molar-refractivity contribution in [2.24, 2.45) is 0 Å².